The average molecular weight is 567 g/mol. The van der Waals surface area contributed by atoms with Crippen molar-refractivity contribution < 1.29 is 32.6 Å². The molecule has 0 radical (unpaired) electrons. The Morgan fingerprint density at radius 3 is 1.77 bits per heavy atom. The first-order valence-electron chi connectivity index (χ1n) is 14.6. The van der Waals surface area contributed by atoms with Gasteiger partial charge in [0.25, 0.3) is 0 Å². The second kappa shape index (κ2) is 20.8. The number of benzene rings is 1. The van der Waals surface area contributed by atoms with E-state index in [1.165, 1.54) is 77.0 Å². The molecule has 1 amide bonds. The highest BCUT2D eigenvalue weighted by molar-refractivity contribution is 5.91. The van der Waals surface area contributed by atoms with Crippen LogP contribution < -0.4 is 5.32 Å². The van der Waals surface area contributed by atoms with Crippen molar-refractivity contribution in [2.75, 3.05) is 11.9 Å². The van der Waals surface area contributed by atoms with Gasteiger partial charge in [0.05, 0.1) is 13.2 Å². The lowest BCUT2D eigenvalue weighted by atomic mass is 10.0. The molecular formula is C31H45F3N2O4. The third-order valence-electron chi connectivity index (χ3n) is 6.67. The highest BCUT2D eigenvalue weighted by Crippen LogP contribution is 2.27. The third kappa shape index (κ3) is 16.2. The van der Waals surface area contributed by atoms with Crippen molar-refractivity contribution in [1.29, 1.82) is 0 Å². The summed E-state index contributed by atoms with van der Waals surface area (Å²) in [5.41, 5.74) is -0.152. The molecule has 0 aliphatic heterocycles. The number of ether oxygens (including phenoxy) is 1. The SMILES string of the molecule is [C-]#[N+]C(C(=O)OCCc1ccc(NC(=O)CCCCCCCCCCCCCCCCC)cc1)=C(O)C(F)(F)F. The maximum atomic E-state index is 12.5. The van der Waals surface area contributed by atoms with Gasteiger partial charge in [0, 0.05) is 18.5 Å². The number of anilines is 1. The fourth-order valence-corrected chi connectivity index (χ4v) is 4.29. The molecule has 1 rings (SSSR count). The maximum absolute atomic E-state index is 12.5. The van der Waals surface area contributed by atoms with Gasteiger partial charge in [-0.25, -0.2) is 4.85 Å². The Kier molecular flexibility index (Phi) is 18.2. The molecule has 0 heterocycles. The topological polar surface area (TPSA) is 80.0 Å². The van der Waals surface area contributed by atoms with Gasteiger partial charge in [-0.05, 0) is 24.1 Å². The molecule has 0 saturated heterocycles. The molecule has 0 atom stereocenters. The predicted octanol–water partition coefficient (Wildman–Crippen LogP) is 9.22. The number of aliphatic hydroxyl groups is 1. The van der Waals surface area contributed by atoms with Crippen molar-refractivity contribution in [3.05, 3.63) is 52.7 Å². The molecule has 0 unspecified atom stereocenters. The lowest BCUT2D eigenvalue weighted by Crippen LogP contribution is -2.18. The number of nitrogens with zero attached hydrogens (tertiary/aromatic N) is 1. The molecule has 0 bridgehead atoms. The number of aliphatic hydroxyl groups excluding tert-OH is 1. The van der Waals surface area contributed by atoms with Gasteiger partial charge in [0.15, 0.2) is 0 Å². The Balaban J connectivity index is 2.12. The van der Waals surface area contributed by atoms with Gasteiger partial charge >= 0.3 is 17.8 Å². The van der Waals surface area contributed by atoms with Gasteiger partial charge < -0.3 is 15.2 Å². The molecule has 1 aromatic carbocycles. The van der Waals surface area contributed by atoms with Crippen LogP contribution >= 0.6 is 0 Å². The molecule has 0 saturated carbocycles. The monoisotopic (exact) mass is 566 g/mol. The summed E-state index contributed by atoms with van der Waals surface area (Å²) in [4.78, 5) is 26.3. The number of halogens is 3. The summed E-state index contributed by atoms with van der Waals surface area (Å²) in [5.74, 6) is -3.86. The van der Waals surface area contributed by atoms with Crippen LogP contribution in [0.2, 0.25) is 0 Å². The van der Waals surface area contributed by atoms with Crippen LogP contribution in [0.1, 0.15) is 115 Å². The van der Waals surface area contributed by atoms with E-state index in [0.717, 1.165) is 24.8 Å². The van der Waals surface area contributed by atoms with E-state index in [1.807, 2.05) is 0 Å². The molecule has 0 aromatic heterocycles. The van der Waals surface area contributed by atoms with E-state index in [1.54, 1.807) is 24.3 Å². The zero-order chi connectivity index (χ0) is 29.6. The standard InChI is InChI=1S/C31H45F3N2O4/c1-3-4-5-6-7-8-9-10-11-12-13-14-15-16-17-18-27(37)36-26-21-19-25(20-22-26)23-24-40-30(39)28(35-2)29(38)31(32,33)34/h19-22,38H,3-18,23-24H2,1H3,(H,36,37). The number of allylic oxidation sites excluding steroid dienone is 1. The number of carbonyl (C=O) groups is 2. The Bertz CT molecular complexity index is 937. The Morgan fingerprint density at radius 1 is 0.850 bits per heavy atom. The highest BCUT2D eigenvalue weighted by atomic mass is 19.4. The summed E-state index contributed by atoms with van der Waals surface area (Å²) < 4.78 is 42.2. The zero-order valence-electron chi connectivity index (χ0n) is 23.8. The lowest BCUT2D eigenvalue weighted by molar-refractivity contribution is -0.142. The van der Waals surface area contributed by atoms with Gasteiger partial charge in [-0.1, -0.05) is 109 Å². The molecule has 40 heavy (non-hydrogen) atoms. The van der Waals surface area contributed by atoms with E-state index in [0.29, 0.717) is 12.1 Å². The van der Waals surface area contributed by atoms with E-state index in [2.05, 4.69) is 21.8 Å². The molecule has 0 aliphatic rings. The van der Waals surface area contributed by atoms with Crippen molar-refractivity contribution in [1.82, 2.24) is 0 Å². The van der Waals surface area contributed by atoms with Crippen LogP contribution in [0.5, 0.6) is 0 Å². The van der Waals surface area contributed by atoms with Crippen LogP contribution in [0.15, 0.2) is 35.7 Å². The van der Waals surface area contributed by atoms with Crippen LogP contribution in [0.25, 0.3) is 4.85 Å². The van der Waals surface area contributed by atoms with Crippen LogP contribution in [-0.4, -0.2) is 29.8 Å². The van der Waals surface area contributed by atoms with E-state index in [9.17, 15) is 22.8 Å². The second-order valence-electron chi connectivity index (χ2n) is 10.1. The first-order chi connectivity index (χ1) is 19.2. The first-order valence-corrected chi connectivity index (χ1v) is 14.6. The number of rotatable bonds is 21. The van der Waals surface area contributed by atoms with E-state index in [4.69, 9.17) is 11.7 Å². The fraction of sp³-hybridized carbons (Fsp3) is 0.645. The van der Waals surface area contributed by atoms with Crippen molar-refractivity contribution in [2.24, 2.45) is 0 Å². The molecule has 0 aliphatic carbocycles. The minimum Gasteiger partial charge on any atom is -0.515 e. The predicted molar refractivity (Wildman–Crippen MR) is 152 cm³/mol. The number of carbonyl (C=O) groups excluding carboxylic acids is 2. The van der Waals surface area contributed by atoms with Gasteiger partial charge in [0.2, 0.25) is 11.7 Å². The molecular weight excluding hydrogens is 521 g/mol. The molecule has 0 spiro atoms. The molecule has 6 nitrogen and oxygen atoms in total. The molecule has 2 N–H and O–H groups in total. The third-order valence-corrected chi connectivity index (χ3v) is 6.67. The molecule has 1 aromatic rings. The number of alkyl halides is 3. The van der Waals surface area contributed by atoms with E-state index < -0.39 is 23.6 Å². The summed E-state index contributed by atoms with van der Waals surface area (Å²) in [5, 5.41) is 11.8. The minimum atomic E-state index is -5.20. The van der Waals surface area contributed by atoms with Crippen LogP contribution in [0.4, 0.5) is 18.9 Å². The van der Waals surface area contributed by atoms with Gasteiger partial charge in [-0.15, -0.1) is 0 Å². The number of hydrogen-bond acceptors (Lipinski definition) is 4. The first kappa shape index (κ1) is 35.0. The Hall–Kier alpha value is -3.02. The molecule has 0 fully saturated rings. The number of esters is 1. The Labute approximate surface area is 237 Å². The van der Waals surface area contributed by atoms with Crippen molar-refractivity contribution >= 4 is 17.6 Å². The van der Waals surface area contributed by atoms with E-state index in [-0.39, 0.29) is 18.9 Å². The van der Waals surface area contributed by atoms with Crippen LogP contribution in [-0.2, 0) is 20.7 Å². The smallest absolute Gasteiger partial charge is 0.438 e. The highest BCUT2D eigenvalue weighted by Gasteiger charge is 2.39. The number of unbranched alkanes of at least 4 members (excludes halogenated alkanes) is 14. The quantitative estimate of drug-likeness (QED) is 0.0511. The van der Waals surface area contributed by atoms with Gasteiger partial charge in [-0.3, -0.25) is 9.59 Å². The number of nitrogens with one attached hydrogen (secondary N) is 1. The summed E-state index contributed by atoms with van der Waals surface area (Å²) >= 11 is 0. The summed E-state index contributed by atoms with van der Waals surface area (Å²) in [6.45, 7) is 8.66. The summed E-state index contributed by atoms with van der Waals surface area (Å²) in [6, 6.07) is 6.80. The number of hydrogen-bond donors (Lipinski definition) is 2. The van der Waals surface area contributed by atoms with Crippen molar-refractivity contribution in [2.45, 2.75) is 122 Å². The fourth-order valence-electron chi connectivity index (χ4n) is 4.29. The van der Waals surface area contributed by atoms with E-state index >= 15 is 0 Å². The molecule has 9 heteroatoms. The average Bonchev–Trinajstić information content (AvgIpc) is 2.91. The minimum absolute atomic E-state index is 0.0562. The zero-order valence-corrected chi connectivity index (χ0v) is 23.8. The Morgan fingerprint density at radius 2 is 1.32 bits per heavy atom. The normalized spacial score (nSPS) is 12.0. The number of amides is 1. The summed E-state index contributed by atoms with van der Waals surface area (Å²) in [7, 11) is 0. The van der Waals surface area contributed by atoms with Crippen LogP contribution in [0, 0.1) is 6.57 Å². The van der Waals surface area contributed by atoms with Crippen molar-refractivity contribution in [3.8, 4) is 0 Å². The van der Waals surface area contributed by atoms with Crippen LogP contribution in [0.3, 0.4) is 0 Å². The van der Waals surface area contributed by atoms with Gasteiger partial charge in [-0.2, -0.15) is 13.2 Å². The van der Waals surface area contributed by atoms with Gasteiger partial charge in [0.1, 0.15) is 0 Å². The molecule has 224 valence electrons. The summed E-state index contributed by atoms with van der Waals surface area (Å²) in [6.07, 6.45) is 14.5. The largest absolute Gasteiger partial charge is 0.515 e. The maximum Gasteiger partial charge on any atom is 0.438 e. The second-order valence-corrected chi connectivity index (χ2v) is 10.1. The lowest BCUT2D eigenvalue weighted by Gasteiger charge is -2.09. The van der Waals surface area contributed by atoms with Crippen molar-refractivity contribution in [3.63, 3.8) is 0 Å².